The van der Waals surface area contributed by atoms with Gasteiger partial charge in [0.2, 0.25) is 0 Å². The molecule has 1 saturated carbocycles. The van der Waals surface area contributed by atoms with Crippen molar-refractivity contribution in [2.75, 3.05) is 25.2 Å². The Balaban J connectivity index is 1.62. The molecule has 2 fully saturated rings. The van der Waals surface area contributed by atoms with E-state index in [9.17, 15) is 4.79 Å². The minimum atomic E-state index is -0.0427. The molecule has 1 aliphatic carbocycles. The van der Waals surface area contributed by atoms with Crippen molar-refractivity contribution in [1.29, 1.82) is 0 Å². The summed E-state index contributed by atoms with van der Waals surface area (Å²) < 4.78 is 4.76. The van der Waals surface area contributed by atoms with Crippen LogP contribution >= 0.6 is 11.8 Å². The normalized spacial score (nSPS) is 26.5. The summed E-state index contributed by atoms with van der Waals surface area (Å²) in [5.74, 6) is 2.28. The lowest BCUT2D eigenvalue weighted by molar-refractivity contribution is -0.141. The van der Waals surface area contributed by atoms with E-state index in [0.29, 0.717) is 12.5 Å². The van der Waals surface area contributed by atoms with Crippen LogP contribution in [0.25, 0.3) is 0 Å². The molecule has 4 heteroatoms. The molecule has 2 rings (SSSR count). The number of methoxy groups -OCH3 is 1. The minimum absolute atomic E-state index is 0.0427. The van der Waals surface area contributed by atoms with Crippen molar-refractivity contribution in [3.05, 3.63) is 0 Å². The van der Waals surface area contributed by atoms with E-state index < -0.39 is 0 Å². The van der Waals surface area contributed by atoms with Gasteiger partial charge in [0.25, 0.3) is 0 Å². The second kappa shape index (κ2) is 6.10. The number of hydrogen-bond acceptors (Lipinski definition) is 4. The van der Waals surface area contributed by atoms with Gasteiger partial charge < -0.3 is 10.1 Å². The zero-order chi connectivity index (χ0) is 12.1. The van der Waals surface area contributed by atoms with Gasteiger partial charge in [-0.25, -0.2) is 0 Å². The number of carbonyl (C=O) groups excluding carboxylic acids is 1. The summed E-state index contributed by atoms with van der Waals surface area (Å²) in [6.07, 6.45) is 7.03. The summed E-state index contributed by atoms with van der Waals surface area (Å²) >= 11 is 2.01. The maximum absolute atomic E-state index is 11.3. The zero-order valence-corrected chi connectivity index (χ0v) is 11.5. The molecule has 0 spiro atoms. The predicted octanol–water partition coefficient (Wildman–Crippen LogP) is 2.21. The van der Waals surface area contributed by atoms with Crippen molar-refractivity contribution >= 4 is 17.7 Å². The highest BCUT2D eigenvalue weighted by Gasteiger charge is 2.44. The molecule has 1 saturated heterocycles. The zero-order valence-electron chi connectivity index (χ0n) is 10.7. The minimum Gasteiger partial charge on any atom is -0.469 e. The highest BCUT2D eigenvalue weighted by molar-refractivity contribution is 7.99. The van der Waals surface area contributed by atoms with Crippen molar-refractivity contribution < 1.29 is 9.53 Å². The number of hydrogen-bond donors (Lipinski definition) is 1. The van der Waals surface area contributed by atoms with Crippen LogP contribution in [0.4, 0.5) is 0 Å². The molecule has 0 aromatic rings. The van der Waals surface area contributed by atoms with Crippen LogP contribution in [0.1, 0.15) is 38.5 Å². The Morgan fingerprint density at radius 3 is 2.88 bits per heavy atom. The Morgan fingerprint density at radius 2 is 2.29 bits per heavy atom. The van der Waals surface area contributed by atoms with Gasteiger partial charge >= 0.3 is 5.97 Å². The van der Waals surface area contributed by atoms with E-state index >= 15 is 0 Å². The molecule has 1 N–H and O–H groups in total. The summed E-state index contributed by atoms with van der Waals surface area (Å²) in [7, 11) is 1.48. The first kappa shape index (κ1) is 13.2. The number of thioether (sulfide) groups is 1. The van der Waals surface area contributed by atoms with Crippen molar-refractivity contribution in [2.45, 2.75) is 44.6 Å². The Labute approximate surface area is 108 Å². The fraction of sp³-hybridized carbons (Fsp3) is 0.923. The summed E-state index contributed by atoms with van der Waals surface area (Å²) in [6, 6.07) is 0.697. The van der Waals surface area contributed by atoms with Gasteiger partial charge in [-0.15, -0.1) is 0 Å². The first-order chi connectivity index (χ1) is 8.24. The van der Waals surface area contributed by atoms with Crippen molar-refractivity contribution in [3.8, 4) is 0 Å². The van der Waals surface area contributed by atoms with Crippen LogP contribution in [0, 0.1) is 5.41 Å². The average Bonchev–Trinajstić information content (AvgIpc) is 3.10. The number of rotatable bonds is 6. The molecular weight excluding hydrogens is 234 g/mol. The third-order valence-corrected chi connectivity index (χ3v) is 5.30. The number of piperidine rings is 1. The van der Waals surface area contributed by atoms with Crippen LogP contribution in [-0.2, 0) is 9.53 Å². The van der Waals surface area contributed by atoms with Gasteiger partial charge in [0.1, 0.15) is 0 Å². The van der Waals surface area contributed by atoms with E-state index in [2.05, 4.69) is 5.32 Å². The lowest BCUT2D eigenvalue weighted by Gasteiger charge is -2.23. The maximum Gasteiger partial charge on any atom is 0.306 e. The topological polar surface area (TPSA) is 38.3 Å². The lowest BCUT2D eigenvalue weighted by Crippen LogP contribution is -2.36. The van der Waals surface area contributed by atoms with Crippen LogP contribution in [0.2, 0.25) is 0 Å². The Kier molecular flexibility index (Phi) is 4.74. The molecule has 1 atom stereocenters. The summed E-state index contributed by atoms with van der Waals surface area (Å²) in [5.41, 5.74) is 0.284. The third kappa shape index (κ3) is 4.18. The monoisotopic (exact) mass is 257 g/mol. The van der Waals surface area contributed by atoms with Crippen LogP contribution < -0.4 is 5.32 Å². The lowest BCUT2D eigenvalue weighted by atomic mass is 10.1. The molecule has 3 nitrogen and oxygen atoms in total. The Bertz CT molecular complexity index is 260. The molecule has 0 radical (unpaired) electrons. The first-order valence-corrected chi connectivity index (χ1v) is 7.78. The number of esters is 1. The van der Waals surface area contributed by atoms with Gasteiger partial charge in [0, 0.05) is 11.8 Å². The second-order valence-electron chi connectivity index (χ2n) is 5.41. The molecule has 0 aromatic heterocycles. The fourth-order valence-electron chi connectivity index (χ4n) is 2.41. The molecule has 1 aliphatic heterocycles. The summed E-state index contributed by atoms with van der Waals surface area (Å²) in [6.45, 7) is 1.18. The Morgan fingerprint density at radius 1 is 1.47 bits per heavy atom. The maximum atomic E-state index is 11.3. The van der Waals surface area contributed by atoms with Gasteiger partial charge in [0.05, 0.1) is 13.5 Å². The van der Waals surface area contributed by atoms with Crippen molar-refractivity contribution in [2.24, 2.45) is 5.41 Å². The van der Waals surface area contributed by atoms with Gasteiger partial charge in [-0.2, -0.15) is 11.8 Å². The standard InChI is InChI=1S/C13H23NO2S/c1-16-12(15)8-13(5-6-13)10-17-9-11-4-2-3-7-14-11/h11,14H,2-10H2,1H3. The summed E-state index contributed by atoms with van der Waals surface area (Å²) in [4.78, 5) is 11.3. The molecule has 1 heterocycles. The van der Waals surface area contributed by atoms with Gasteiger partial charge in [0.15, 0.2) is 0 Å². The van der Waals surface area contributed by atoms with Gasteiger partial charge in [-0.05, 0) is 43.4 Å². The van der Waals surface area contributed by atoms with Crippen LogP contribution in [-0.4, -0.2) is 37.2 Å². The molecule has 2 aliphatic rings. The Hall–Kier alpha value is -0.220. The molecule has 98 valence electrons. The number of ether oxygens (including phenoxy) is 1. The SMILES string of the molecule is COC(=O)CC1(CSCC2CCCCN2)CC1. The molecule has 17 heavy (non-hydrogen) atoms. The van der Waals surface area contributed by atoms with Crippen LogP contribution in [0.3, 0.4) is 0 Å². The smallest absolute Gasteiger partial charge is 0.306 e. The van der Waals surface area contributed by atoms with Gasteiger partial charge in [-0.3, -0.25) is 4.79 Å². The third-order valence-electron chi connectivity index (χ3n) is 3.84. The van der Waals surface area contributed by atoms with E-state index in [1.54, 1.807) is 0 Å². The highest BCUT2D eigenvalue weighted by atomic mass is 32.2. The number of carbonyl (C=O) groups is 1. The molecular formula is C13H23NO2S. The first-order valence-electron chi connectivity index (χ1n) is 6.62. The van der Waals surface area contributed by atoms with E-state index in [0.717, 1.165) is 5.75 Å². The molecule has 0 aromatic carbocycles. The van der Waals surface area contributed by atoms with E-state index in [4.69, 9.17) is 4.74 Å². The number of nitrogens with one attached hydrogen (secondary N) is 1. The van der Waals surface area contributed by atoms with Crippen molar-refractivity contribution in [1.82, 2.24) is 5.32 Å². The predicted molar refractivity (Wildman–Crippen MR) is 71.3 cm³/mol. The summed E-state index contributed by atoms with van der Waals surface area (Å²) in [5, 5.41) is 3.57. The van der Waals surface area contributed by atoms with Crippen molar-refractivity contribution in [3.63, 3.8) is 0 Å². The molecule has 0 amide bonds. The fourth-order valence-corrected chi connectivity index (χ4v) is 3.92. The average molecular weight is 257 g/mol. The van der Waals surface area contributed by atoms with E-state index in [-0.39, 0.29) is 11.4 Å². The second-order valence-corrected chi connectivity index (χ2v) is 6.45. The largest absolute Gasteiger partial charge is 0.469 e. The van der Waals surface area contributed by atoms with E-state index in [1.807, 2.05) is 11.8 Å². The van der Waals surface area contributed by atoms with Crippen LogP contribution in [0.5, 0.6) is 0 Å². The molecule has 0 bridgehead atoms. The van der Waals surface area contributed by atoms with E-state index in [1.165, 1.54) is 51.5 Å². The van der Waals surface area contributed by atoms with Gasteiger partial charge in [-0.1, -0.05) is 6.42 Å². The quantitative estimate of drug-likeness (QED) is 0.740. The molecule has 1 unspecified atom stereocenters. The highest BCUT2D eigenvalue weighted by Crippen LogP contribution is 2.51. The van der Waals surface area contributed by atoms with Crippen LogP contribution in [0.15, 0.2) is 0 Å².